The van der Waals surface area contributed by atoms with E-state index in [4.69, 9.17) is 16.3 Å². The number of hydrogen-bond donors (Lipinski definition) is 0. The van der Waals surface area contributed by atoms with Crippen molar-refractivity contribution in [2.24, 2.45) is 0 Å². The number of benzene rings is 2. The normalized spacial score (nSPS) is 15.5. The maximum atomic E-state index is 11.3. The third-order valence-corrected chi connectivity index (χ3v) is 4.93. The number of ether oxygens (including phenoxy) is 2. The molecule has 0 unspecified atom stereocenters. The molecule has 2 aromatic carbocycles. The van der Waals surface area contributed by atoms with Crippen LogP contribution in [0.1, 0.15) is 11.1 Å². The Morgan fingerprint density at radius 2 is 1.70 bits per heavy atom. The van der Waals surface area contributed by atoms with E-state index in [9.17, 15) is 4.79 Å². The lowest BCUT2D eigenvalue weighted by atomic mass is 10.1. The van der Waals surface area contributed by atoms with Crippen LogP contribution >= 0.6 is 11.6 Å². The molecule has 3 rings (SSSR count). The fourth-order valence-electron chi connectivity index (χ4n) is 3.21. The Balaban J connectivity index is 1.51. The highest BCUT2D eigenvalue weighted by Crippen LogP contribution is 2.21. The topological polar surface area (TPSA) is 42.0 Å². The van der Waals surface area contributed by atoms with Gasteiger partial charge in [0.25, 0.3) is 0 Å². The predicted octanol–water partition coefficient (Wildman–Crippen LogP) is 3.21. The summed E-state index contributed by atoms with van der Waals surface area (Å²) in [7, 11) is 1.36. The smallest absolute Gasteiger partial charge is 0.343 e. The fourth-order valence-corrected chi connectivity index (χ4v) is 3.42. The van der Waals surface area contributed by atoms with Crippen molar-refractivity contribution in [1.29, 1.82) is 0 Å². The Labute approximate surface area is 165 Å². The van der Waals surface area contributed by atoms with E-state index in [1.807, 2.05) is 42.5 Å². The van der Waals surface area contributed by atoms with Gasteiger partial charge in [0.05, 0.1) is 7.11 Å². The predicted molar refractivity (Wildman–Crippen MR) is 106 cm³/mol. The van der Waals surface area contributed by atoms with Gasteiger partial charge in [0, 0.05) is 49.9 Å². The summed E-state index contributed by atoms with van der Waals surface area (Å²) >= 11 is 6.08. The second kappa shape index (κ2) is 9.74. The van der Waals surface area contributed by atoms with Gasteiger partial charge in [0.1, 0.15) is 5.75 Å². The van der Waals surface area contributed by atoms with Gasteiger partial charge in [-0.15, -0.1) is 0 Å². The maximum Gasteiger partial charge on any atom is 0.343 e. The van der Waals surface area contributed by atoms with Gasteiger partial charge in [0.2, 0.25) is 0 Å². The first-order valence-corrected chi connectivity index (χ1v) is 9.48. The van der Waals surface area contributed by atoms with Crippen LogP contribution in [0.4, 0.5) is 0 Å². The van der Waals surface area contributed by atoms with E-state index < -0.39 is 0 Å². The van der Waals surface area contributed by atoms with E-state index in [-0.39, 0.29) is 12.6 Å². The SMILES string of the molecule is COC(=O)COc1ccccc1CN1CCN(Cc2cccc(Cl)c2)CC1. The number of piperazine rings is 1. The molecule has 1 heterocycles. The lowest BCUT2D eigenvalue weighted by Crippen LogP contribution is -2.45. The lowest BCUT2D eigenvalue weighted by molar-refractivity contribution is -0.142. The number of carbonyl (C=O) groups is 1. The number of halogens is 1. The number of carbonyl (C=O) groups excluding carboxylic acids is 1. The van der Waals surface area contributed by atoms with E-state index in [1.165, 1.54) is 12.7 Å². The van der Waals surface area contributed by atoms with Crippen molar-refractivity contribution in [3.8, 4) is 5.75 Å². The molecule has 27 heavy (non-hydrogen) atoms. The second-order valence-corrected chi connectivity index (χ2v) is 7.09. The molecule has 0 aliphatic carbocycles. The molecule has 0 saturated carbocycles. The Bertz CT molecular complexity index is 761. The van der Waals surface area contributed by atoms with E-state index in [2.05, 4.69) is 20.6 Å². The highest BCUT2D eigenvalue weighted by molar-refractivity contribution is 6.30. The molecule has 0 amide bonds. The monoisotopic (exact) mass is 388 g/mol. The van der Waals surface area contributed by atoms with Crippen molar-refractivity contribution in [2.45, 2.75) is 13.1 Å². The summed E-state index contributed by atoms with van der Waals surface area (Å²) in [5.74, 6) is 0.365. The average molecular weight is 389 g/mol. The molecular weight excluding hydrogens is 364 g/mol. The Kier molecular flexibility index (Phi) is 7.10. The van der Waals surface area contributed by atoms with Gasteiger partial charge in [-0.3, -0.25) is 9.80 Å². The van der Waals surface area contributed by atoms with Crippen LogP contribution in [0.15, 0.2) is 48.5 Å². The summed E-state index contributed by atoms with van der Waals surface area (Å²) in [6, 6.07) is 15.9. The number of rotatable bonds is 7. The van der Waals surface area contributed by atoms with Crippen LogP contribution in [0.25, 0.3) is 0 Å². The Hall–Kier alpha value is -2.08. The van der Waals surface area contributed by atoms with Crippen molar-refractivity contribution in [2.75, 3.05) is 39.9 Å². The van der Waals surface area contributed by atoms with Crippen molar-refractivity contribution in [3.05, 3.63) is 64.7 Å². The summed E-state index contributed by atoms with van der Waals surface area (Å²) in [5.41, 5.74) is 2.34. The summed E-state index contributed by atoms with van der Waals surface area (Å²) in [6.07, 6.45) is 0. The van der Waals surface area contributed by atoms with Crippen LogP contribution in [0.2, 0.25) is 5.02 Å². The molecule has 1 aliphatic heterocycles. The van der Waals surface area contributed by atoms with Gasteiger partial charge >= 0.3 is 5.97 Å². The minimum atomic E-state index is -0.376. The third-order valence-electron chi connectivity index (χ3n) is 4.70. The molecule has 0 N–H and O–H groups in total. The van der Waals surface area contributed by atoms with Crippen LogP contribution in [0.5, 0.6) is 5.75 Å². The highest BCUT2D eigenvalue weighted by Gasteiger charge is 2.18. The van der Waals surface area contributed by atoms with E-state index in [0.717, 1.165) is 55.6 Å². The minimum Gasteiger partial charge on any atom is -0.482 e. The van der Waals surface area contributed by atoms with Crippen LogP contribution < -0.4 is 4.74 Å². The quantitative estimate of drug-likeness (QED) is 0.681. The molecule has 0 aromatic heterocycles. The largest absolute Gasteiger partial charge is 0.482 e. The zero-order valence-corrected chi connectivity index (χ0v) is 16.3. The number of methoxy groups -OCH3 is 1. The molecule has 0 radical (unpaired) electrons. The van der Waals surface area contributed by atoms with Crippen molar-refractivity contribution < 1.29 is 14.3 Å². The molecule has 144 valence electrons. The first kappa shape index (κ1) is 19.7. The van der Waals surface area contributed by atoms with E-state index in [1.54, 1.807) is 0 Å². The van der Waals surface area contributed by atoms with Gasteiger partial charge in [-0.2, -0.15) is 0 Å². The molecule has 1 saturated heterocycles. The molecule has 0 bridgehead atoms. The van der Waals surface area contributed by atoms with Gasteiger partial charge < -0.3 is 9.47 Å². The number of esters is 1. The molecule has 1 aliphatic rings. The average Bonchev–Trinajstić information content (AvgIpc) is 2.68. The first-order chi connectivity index (χ1) is 13.1. The molecule has 0 atom stereocenters. The second-order valence-electron chi connectivity index (χ2n) is 6.65. The van der Waals surface area contributed by atoms with Crippen molar-refractivity contribution >= 4 is 17.6 Å². The Morgan fingerprint density at radius 1 is 1.00 bits per heavy atom. The summed E-state index contributed by atoms with van der Waals surface area (Å²) in [4.78, 5) is 16.2. The Morgan fingerprint density at radius 3 is 2.41 bits per heavy atom. The van der Waals surface area contributed by atoms with Crippen LogP contribution in [0.3, 0.4) is 0 Å². The number of hydrogen-bond acceptors (Lipinski definition) is 5. The van der Waals surface area contributed by atoms with Gasteiger partial charge in [0.15, 0.2) is 6.61 Å². The zero-order chi connectivity index (χ0) is 19.1. The van der Waals surface area contributed by atoms with Crippen LogP contribution in [-0.2, 0) is 22.6 Å². The summed E-state index contributed by atoms with van der Waals surface area (Å²) in [5, 5.41) is 0.787. The maximum absolute atomic E-state index is 11.3. The lowest BCUT2D eigenvalue weighted by Gasteiger charge is -2.35. The first-order valence-electron chi connectivity index (χ1n) is 9.11. The van der Waals surface area contributed by atoms with Gasteiger partial charge in [-0.1, -0.05) is 41.9 Å². The van der Waals surface area contributed by atoms with Crippen LogP contribution in [0, 0.1) is 0 Å². The summed E-state index contributed by atoms with van der Waals surface area (Å²) < 4.78 is 10.3. The molecule has 2 aromatic rings. The van der Waals surface area contributed by atoms with Crippen molar-refractivity contribution in [3.63, 3.8) is 0 Å². The molecule has 5 nitrogen and oxygen atoms in total. The van der Waals surface area contributed by atoms with E-state index in [0.29, 0.717) is 0 Å². The molecular formula is C21H25ClN2O3. The standard InChI is InChI=1S/C21H25ClN2O3/c1-26-21(25)16-27-20-8-3-2-6-18(20)15-24-11-9-23(10-12-24)14-17-5-4-7-19(22)13-17/h2-8,13H,9-12,14-16H2,1H3. The van der Waals surface area contributed by atoms with Gasteiger partial charge in [-0.25, -0.2) is 4.79 Å². The van der Waals surface area contributed by atoms with Crippen molar-refractivity contribution in [1.82, 2.24) is 9.80 Å². The fraction of sp³-hybridized carbons (Fsp3) is 0.381. The number of para-hydroxylation sites is 1. The minimum absolute atomic E-state index is 0.0685. The van der Waals surface area contributed by atoms with Gasteiger partial charge in [-0.05, 0) is 23.8 Å². The third kappa shape index (κ3) is 5.96. The van der Waals surface area contributed by atoms with Crippen LogP contribution in [-0.4, -0.2) is 55.7 Å². The number of nitrogens with zero attached hydrogens (tertiary/aromatic N) is 2. The molecule has 6 heteroatoms. The highest BCUT2D eigenvalue weighted by atomic mass is 35.5. The molecule has 0 spiro atoms. The zero-order valence-electron chi connectivity index (χ0n) is 15.6. The molecule has 1 fully saturated rings. The summed E-state index contributed by atoms with van der Waals surface area (Å²) in [6.45, 7) is 5.67. The van der Waals surface area contributed by atoms with E-state index >= 15 is 0 Å².